The van der Waals surface area contributed by atoms with E-state index >= 15 is 0 Å². The Labute approximate surface area is 115 Å². The molecule has 5 heteroatoms. The lowest BCUT2D eigenvalue weighted by Crippen LogP contribution is -2.39. The van der Waals surface area contributed by atoms with E-state index in [4.69, 9.17) is 4.74 Å². The molecule has 1 aliphatic rings. The van der Waals surface area contributed by atoms with Crippen molar-refractivity contribution in [1.29, 1.82) is 0 Å². The minimum atomic E-state index is -0.0143. The van der Waals surface area contributed by atoms with Crippen LogP contribution < -0.4 is 10.6 Å². The molecule has 1 aliphatic heterocycles. The minimum absolute atomic E-state index is 0.0143. The first-order chi connectivity index (χ1) is 8.74. The molecule has 1 saturated heterocycles. The van der Waals surface area contributed by atoms with Gasteiger partial charge in [0.2, 0.25) is 5.91 Å². The standard InChI is InChI=1S/C13H17BrN2O2/c14-10-2-1-3-12(8-10)16-13(17)9-15-11-4-6-18-7-5-11/h1-3,8,11,15H,4-7,9H2,(H,16,17). The summed E-state index contributed by atoms with van der Waals surface area (Å²) in [6.45, 7) is 1.91. The monoisotopic (exact) mass is 312 g/mol. The van der Waals surface area contributed by atoms with Gasteiger partial charge in [0.1, 0.15) is 0 Å². The largest absolute Gasteiger partial charge is 0.381 e. The molecule has 0 radical (unpaired) electrons. The van der Waals surface area contributed by atoms with E-state index in [1.54, 1.807) is 0 Å². The predicted octanol–water partition coefficient (Wildman–Crippen LogP) is 2.16. The molecule has 18 heavy (non-hydrogen) atoms. The van der Waals surface area contributed by atoms with Crippen LogP contribution in [0, 0.1) is 0 Å². The molecule has 1 fully saturated rings. The summed E-state index contributed by atoms with van der Waals surface area (Å²) in [4.78, 5) is 11.7. The highest BCUT2D eigenvalue weighted by Gasteiger charge is 2.14. The second kappa shape index (κ2) is 6.87. The van der Waals surface area contributed by atoms with E-state index < -0.39 is 0 Å². The van der Waals surface area contributed by atoms with Crippen LogP contribution in [0.15, 0.2) is 28.7 Å². The Bertz CT molecular complexity index is 406. The second-order valence-electron chi connectivity index (χ2n) is 4.33. The Morgan fingerprint density at radius 2 is 2.17 bits per heavy atom. The molecule has 0 unspecified atom stereocenters. The SMILES string of the molecule is O=C(CNC1CCOCC1)Nc1cccc(Br)c1. The zero-order chi connectivity index (χ0) is 12.8. The van der Waals surface area contributed by atoms with Gasteiger partial charge in [-0.1, -0.05) is 22.0 Å². The highest BCUT2D eigenvalue weighted by atomic mass is 79.9. The fraction of sp³-hybridized carbons (Fsp3) is 0.462. The Kier molecular flexibility index (Phi) is 5.16. The predicted molar refractivity (Wildman–Crippen MR) is 74.6 cm³/mol. The number of benzene rings is 1. The first-order valence-corrected chi connectivity index (χ1v) is 6.90. The third-order valence-corrected chi connectivity index (χ3v) is 3.37. The average Bonchev–Trinajstić information content (AvgIpc) is 2.38. The van der Waals surface area contributed by atoms with Crippen LogP contribution in [0.5, 0.6) is 0 Å². The molecule has 0 aliphatic carbocycles. The van der Waals surface area contributed by atoms with E-state index in [2.05, 4.69) is 26.6 Å². The van der Waals surface area contributed by atoms with Crippen molar-refractivity contribution >= 4 is 27.5 Å². The van der Waals surface area contributed by atoms with Crippen LogP contribution in [-0.2, 0) is 9.53 Å². The molecule has 0 saturated carbocycles. The van der Waals surface area contributed by atoms with Gasteiger partial charge in [-0.25, -0.2) is 0 Å². The Morgan fingerprint density at radius 1 is 1.39 bits per heavy atom. The highest BCUT2D eigenvalue weighted by Crippen LogP contribution is 2.15. The van der Waals surface area contributed by atoms with Gasteiger partial charge >= 0.3 is 0 Å². The van der Waals surface area contributed by atoms with Gasteiger partial charge in [-0.15, -0.1) is 0 Å². The third kappa shape index (κ3) is 4.40. The molecule has 1 aromatic rings. The Hall–Kier alpha value is -0.910. The van der Waals surface area contributed by atoms with Crippen molar-refractivity contribution in [2.45, 2.75) is 18.9 Å². The molecule has 4 nitrogen and oxygen atoms in total. The van der Waals surface area contributed by atoms with Crippen LogP contribution in [-0.4, -0.2) is 31.7 Å². The van der Waals surface area contributed by atoms with Crippen LogP contribution in [0.25, 0.3) is 0 Å². The van der Waals surface area contributed by atoms with Gasteiger partial charge in [-0.05, 0) is 31.0 Å². The van der Waals surface area contributed by atoms with Crippen LogP contribution >= 0.6 is 15.9 Å². The molecule has 2 N–H and O–H groups in total. The number of amides is 1. The zero-order valence-electron chi connectivity index (χ0n) is 10.1. The molecular formula is C13H17BrN2O2. The van der Waals surface area contributed by atoms with Crippen molar-refractivity contribution in [3.63, 3.8) is 0 Å². The minimum Gasteiger partial charge on any atom is -0.381 e. The second-order valence-corrected chi connectivity index (χ2v) is 5.24. The van der Waals surface area contributed by atoms with Gasteiger partial charge in [0.25, 0.3) is 0 Å². The molecule has 1 amide bonds. The summed E-state index contributed by atoms with van der Waals surface area (Å²) in [6.07, 6.45) is 1.95. The van der Waals surface area contributed by atoms with Crippen molar-refractivity contribution in [2.75, 3.05) is 25.1 Å². The number of hydrogen-bond acceptors (Lipinski definition) is 3. The van der Waals surface area contributed by atoms with Gasteiger partial charge in [-0.3, -0.25) is 4.79 Å². The van der Waals surface area contributed by atoms with E-state index in [0.717, 1.165) is 36.2 Å². The highest BCUT2D eigenvalue weighted by molar-refractivity contribution is 9.10. The molecule has 1 heterocycles. The zero-order valence-corrected chi connectivity index (χ0v) is 11.7. The lowest BCUT2D eigenvalue weighted by Gasteiger charge is -2.22. The van der Waals surface area contributed by atoms with Gasteiger partial charge in [0.05, 0.1) is 6.54 Å². The average molecular weight is 313 g/mol. The van der Waals surface area contributed by atoms with Crippen molar-refractivity contribution in [3.05, 3.63) is 28.7 Å². The molecular weight excluding hydrogens is 296 g/mol. The quantitative estimate of drug-likeness (QED) is 0.895. The maximum Gasteiger partial charge on any atom is 0.238 e. The third-order valence-electron chi connectivity index (χ3n) is 2.88. The molecule has 0 atom stereocenters. The first kappa shape index (κ1) is 13.5. The number of hydrogen-bond donors (Lipinski definition) is 2. The smallest absolute Gasteiger partial charge is 0.238 e. The van der Waals surface area contributed by atoms with Crippen molar-refractivity contribution < 1.29 is 9.53 Å². The van der Waals surface area contributed by atoms with E-state index in [1.165, 1.54) is 0 Å². The number of anilines is 1. The van der Waals surface area contributed by atoms with Crippen LogP contribution in [0.4, 0.5) is 5.69 Å². The number of carbonyl (C=O) groups excluding carboxylic acids is 1. The van der Waals surface area contributed by atoms with E-state index in [-0.39, 0.29) is 5.91 Å². The van der Waals surface area contributed by atoms with E-state index in [9.17, 15) is 4.79 Å². The molecule has 0 spiro atoms. The van der Waals surface area contributed by atoms with Crippen molar-refractivity contribution in [3.8, 4) is 0 Å². The Morgan fingerprint density at radius 3 is 2.89 bits per heavy atom. The summed E-state index contributed by atoms with van der Waals surface area (Å²) < 4.78 is 6.23. The van der Waals surface area contributed by atoms with Crippen molar-refractivity contribution in [1.82, 2.24) is 5.32 Å². The normalized spacial score (nSPS) is 16.5. The van der Waals surface area contributed by atoms with Crippen LogP contribution in [0.1, 0.15) is 12.8 Å². The first-order valence-electron chi connectivity index (χ1n) is 6.10. The molecule has 0 aromatic heterocycles. The Balaban J connectivity index is 1.74. The number of carbonyl (C=O) groups is 1. The number of nitrogens with one attached hydrogen (secondary N) is 2. The summed E-state index contributed by atoms with van der Waals surface area (Å²) in [5, 5.41) is 6.11. The molecule has 0 bridgehead atoms. The van der Waals surface area contributed by atoms with Crippen molar-refractivity contribution in [2.24, 2.45) is 0 Å². The number of ether oxygens (including phenoxy) is 1. The summed E-state index contributed by atoms with van der Waals surface area (Å²) in [5.74, 6) is -0.0143. The fourth-order valence-corrected chi connectivity index (χ4v) is 2.31. The molecule has 98 valence electrons. The summed E-state index contributed by atoms with van der Waals surface area (Å²) in [6, 6.07) is 7.97. The maximum absolute atomic E-state index is 11.7. The van der Waals surface area contributed by atoms with E-state index in [0.29, 0.717) is 12.6 Å². The van der Waals surface area contributed by atoms with Gasteiger partial charge in [-0.2, -0.15) is 0 Å². The topological polar surface area (TPSA) is 50.4 Å². The summed E-state index contributed by atoms with van der Waals surface area (Å²) in [5.41, 5.74) is 0.808. The number of rotatable bonds is 4. The van der Waals surface area contributed by atoms with Gasteiger partial charge in [0, 0.05) is 29.4 Å². The molecule has 2 rings (SSSR count). The van der Waals surface area contributed by atoms with Crippen LogP contribution in [0.3, 0.4) is 0 Å². The lowest BCUT2D eigenvalue weighted by atomic mass is 10.1. The van der Waals surface area contributed by atoms with E-state index in [1.807, 2.05) is 24.3 Å². The fourth-order valence-electron chi connectivity index (χ4n) is 1.91. The van der Waals surface area contributed by atoms with Crippen LogP contribution in [0.2, 0.25) is 0 Å². The summed E-state index contributed by atoms with van der Waals surface area (Å²) in [7, 11) is 0. The summed E-state index contributed by atoms with van der Waals surface area (Å²) >= 11 is 3.37. The number of halogens is 1. The van der Waals surface area contributed by atoms with Gasteiger partial charge in [0.15, 0.2) is 0 Å². The lowest BCUT2D eigenvalue weighted by molar-refractivity contribution is -0.115. The van der Waals surface area contributed by atoms with Gasteiger partial charge < -0.3 is 15.4 Å². The maximum atomic E-state index is 11.7. The molecule has 1 aromatic carbocycles.